The van der Waals surface area contributed by atoms with Crippen LogP contribution in [0.4, 0.5) is 5.69 Å². The first-order valence-electron chi connectivity index (χ1n) is 8.61. The zero-order valence-corrected chi connectivity index (χ0v) is 16.4. The third kappa shape index (κ3) is 3.38. The number of hydrogen-bond acceptors (Lipinski definition) is 2. The van der Waals surface area contributed by atoms with Crippen molar-refractivity contribution in [2.45, 2.75) is 31.5 Å². The molecule has 1 heterocycles. The van der Waals surface area contributed by atoms with E-state index in [1.807, 2.05) is 0 Å². The van der Waals surface area contributed by atoms with Crippen LogP contribution >= 0.6 is 0 Å². The zero-order valence-electron chi connectivity index (χ0n) is 14.7. The predicted octanol–water partition coefficient (Wildman–Crippen LogP) is 4.36. The van der Waals surface area contributed by atoms with Crippen molar-refractivity contribution in [3.63, 3.8) is 0 Å². The van der Waals surface area contributed by atoms with Crippen LogP contribution in [0.1, 0.15) is 32.3 Å². The number of allylic oxidation sites excluding steroid dienone is 1. The molecule has 2 atom stereocenters. The second kappa shape index (κ2) is 7.46. The van der Waals surface area contributed by atoms with Crippen LogP contribution in [0.3, 0.4) is 0 Å². The van der Waals surface area contributed by atoms with E-state index in [0.29, 0.717) is 25.7 Å². The second-order valence-electron chi connectivity index (χ2n) is 6.10. The second-order valence-corrected chi connectivity index (χ2v) is 8.65. The Morgan fingerprint density at radius 2 is 1.79 bits per heavy atom. The molecule has 1 aliphatic heterocycles. The Kier molecular flexibility index (Phi) is 5.33. The van der Waals surface area contributed by atoms with Gasteiger partial charge in [-0.15, -0.1) is 0 Å². The first-order chi connectivity index (χ1) is 11.6. The van der Waals surface area contributed by atoms with E-state index >= 15 is 0 Å². The van der Waals surface area contributed by atoms with Crippen molar-refractivity contribution >= 4 is 25.1 Å². The average molecular weight is 386 g/mol. The van der Waals surface area contributed by atoms with Crippen molar-refractivity contribution in [2.75, 3.05) is 18.0 Å². The monoisotopic (exact) mass is 387 g/mol. The molecule has 0 saturated heterocycles. The van der Waals surface area contributed by atoms with E-state index in [1.165, 1.54) is 15.7 Å². The van der Waals surface area contributed by atoms with Crippen LogP contribution in [-0.2, 0) is 0 Å². The van der Waals surface area contributed by atoms with E-state index in [0.717, 1.165) is 24.6 Å². The Morgan fingerprint density at radius 1 is 1.08 bits per heavy atom. The number of anilines is 1. The third-order valence-corrected chi connectivity index (χ3v) is 7.72. The third-order valence-electron chi connectivity index (χ3n) is 4.64. The topological polar surface area (TPSA) is 12.5 Å². The molecule has 2 aromatic rings. The first kappa shape index (κ1) is 17.1. The van der Waals surface area contributed by atoms with Crippen molar-refractivity contribution in [3.8, 4) is 5.75 Å². The van der Waals surface area contributed by atoms with Crippen molar-refractivity contribution in [2.24, 2.45) is 0 Å². The molecule has 3 rings (SSSR count). The molecule has 3 heteroatoms. The summed E-state index contributed by atoms with van der Waals surface area (Å²) in [7, 11) is 0. The molecule has 0 fully saturated rings. The normalized spacial score (nSPS) is 19.5. The van der Waals surface area contributed by atoms with E-state index in [9.17, 15) is 0 Å². The summed E-state index contributed by atoms with van der Waals surface area (Å²) < 4.78 is 7.56. The van der Waals surface area contributed by atoms with Gasteiger partial charge in [0.2, 0.25) is 0 Å². The van der Waals surface area contributed by atoms with E-state index < -0.39 is 0 Å². The summed E-state index contributed by atoms with van der Waals surface area (Å²) in [6.07, 6.45) is 0. The van der Waals surface area contributed by atoms with Gasteiger partial charge in [0.1, 0.15) is 0 Å². The Bertz CT molecular complexity index is 709. The Balaban J connectivity index is 1.87. The molecule has 0 aliphatic carbocycles. The standard InChI is InChI=1S/C21H25NOSe/c1-5-22(6-2)17-12-13-19-15(3)21(16(4)23-20(19)14-17)24-18-10-8-7-9-11-18/h7-15,21H,4-6H2,1-3H3/t15-,21?/m1/s1. The van der Waals surface area contributed by atoms with Crippen molar-refractivity contribution in [1.29, 1.82) is 0 Å². The molecule has 0 spiro atoms. The van der Waals surface area contributed by atoms with Gasteiger partial charge in [-0.25, -0.2) is 0 Å². The van der Waals surface area contributed by atoms with Gasteiger partial charge in [0.15, 0.2) is 0 Å². The Morgan fingerprint density at radius 3 is 2.46 bits per heavy atom. The van der Waals surface area contributed by atoms with E-state index in [2.05, 4.69) is 80.8 Å². The first-order valence-corrected chi connectivity index (χ1v) is 10.5. The van der Waals surface area contributed by atoms with Crippen LogP contribution in [0.15, 0.2) is 60.9 Å². The summed E-state index contributed by atoms with van der Waals surface area (Å²) in [4.78, 5) is 2.73. The van der Waals surface area contributed by atoms with Gasteiger partial charge in [-0.1, -0.05) is 0 Å². The summed E-state index contributed by atoms with van der Waals surface area (Å²) in [5.74, 6) is 2.33. The molecule has 1 aliphatic rings. The van der Waals surface area contributed by atoms with Gasteiger partial charge < -0.3 is 0 Å². The molecule has 126 valence electrons. The molecular formula is C21H25NOSe. The molecule has 0 amide bonds. The number of nitrogens with zero attached hydrogens (tertiary/aromatic N) is 1. The summed E-state index contributed by atoms with van der Waals surface area (Å²) >= 11 is 0.326. The number of rotatable bonds is 5. The molecule has 0 N–H and O–H groups in total. The van der Waals surface area contributed by atoms with E-state index in [1.54, 1.807) is 0 Å². The number of fused-ring (bicyclic) bond motifs is 1. The minimum absolute atomic E-state index is 0.326. The Labute approximate surface area is 151 Å². The van der Waals surface area contributed by atoms with E-state index in [4.69, 9.17) is 4.74 Å². The fourth-order valence-electron chi connectivity index (χ4n) is 3.23. The van der Waals surface area contributed by atoms with Gasteiger partial charge in [0.05, 0.1) is 0 Å². The molecule has 0 radical (unpaired) electrons. The zero-order chi connectivity index (χ0) is 17.1. The van der Waals surface area contributed by atoms with Gasteiger partial charge in [-0.3, -0.25) is 0 Å². The van der Waals surface area contributed by atoms with Gasteiger partial charge in [-0.05, 0) is 0 Å². The van der Waals surface area contributed by atoms with Crippen molar-refractivity contribution in [1.82, 2.24) is 0 Å². The molecule has 0 bridgehead atoms. The fourth-order valence-corrected chi connectivity index (χ4v) is 5.61. The predicted molar refractivity (Wildman–Crippen MR) is 104 cm³/mol. The molecule has 1 unspecified atom stereocenters. The van der Waals surface area contributed by atoms with Gasteiger partial charge in [0, 0.05) is 0 Å². The quantitative estimate of drug-likeness (QED) is 0.708. The van der Waals surface area contributed by atoms with Crippen LogP contribution in [-0.4, -0.2) is 28.0 Å². The van der Waals surface area contributed by atoms with Crippen LogP contribution in [0, 0.1) is 0 Å². The molecular weight excluding hydrogens is 361 g/mol. The SMILES string of the molecule is C=C1Oc2cc(N(CC)CC)ccc2[C@@H](C)C1[Se]c1ccccc1. The number of benzene rings is 2. The number of ether oxygens (including phenoxy) is 1. The maximum atomic E-state index is 6.16. The van der Waals surface area contributed by atoms with Crippen molar-refractivity contribution < 1.29 is 4.74 Å². The summed E-state index contributed by atoms with van der Waals surface area (Å²) in [6, 6.07) is 17.4. The molecule has 24 heavy (non-hydrogen) atoms. The summed E-state index contributed by atoms with van der Waals surface area (Å²) in [5, 5.41) is 0. The summed E-state index contributed by atoms with van der Waals surface area (Å²) in [6.45, 7) is 12.9. The van der Waals surface area contributed by atoms with Gasteiger partial charge in [-0.2, -0.15) is 0 Å². The van der Waals surface area contributed by atoms with Gasteiger partial charge in [0.25, 0.3) is 0 Å². The van der Waals surface area contributed by atoms with E-state index in [-0.39, 0.29) is 0 Å². The number of hydrogen-bond donors (Lipinski definition) is 0. The molecule has 0 saturated carbocycles. The van der Waals surface area contributed by atoms with Crippen molar-refractivity contribution in [3.05, 3.63) is 66.4 Å². The van der Waals surface area contributed by atoms with Crippen LogP contribution in [0.5, 0.6) is 5.75 Å². The van der Waals surface area contributed by atoms with Crippen LogP contribution in [0.2, 0.25) is 4.82 Å². The molecule has 2 nitrogen and oxygen atoms in total. The maximum absolute atomic E-state index is 6.16. The van der Waals surface area contributed by atoms with Gasteiger partial charge >= 0.3 is 152 Å². The van der Waals surface area contributed by atoms with Crippen LogP contribution in [0.25, 0.3) is 0 Å². The summed E-state index contributed by atoms with van der Waals surface area (Å²) in [5.41, 5.74) is 2.53. The fraction of sp³-hybridized carbons (Fsp3) is 0.333. The average Bonchev–Trinajstić information content (AvgIpc) is 2.60. The molecule has 0 aromatic heterocycles. The Hall–Kier alpha value is -1.70. The molecule has 2 aromatic carbocycles. The minimum atomic E-state index is 0.326. The van der Waals surface area contributed by atoms with Crippen LogP contribution < -0.4 is 14.1 Å².